The van der Waals surface area contributed by atoms with Gasteiger partial charge in [0.15, 0.2) is 0 Å². The van der Waals surface area contributed by atoms with Crippen LogP contribution >= 0.6 is 31.9 Å². The molecule has 5 heteroatoms. The quantitative estimate of drug-likeness (QED) is 0.782. The Morgan fingerprint density at radius 2 is 1.65 bits per heavy atom. The maximum absolute atomic E-state index is 5.88. The van der Waals surface area contributed by atoms with Crippen LogP contribution < -0.4 is 15.2 Å². The van der Waals surface area contributed by atoms with Crippen molar-refractivity contribution < 1.29 is 9.47 Å². The van der Waals surface area contributed by atoms with E-state index in [1.807, 2.05) is 43.3 Å². The first kappa shape index (κ1) is 15.4. The van der Waals surface area contributed by atoms with Crippen molar-refractivity contribution in [1.29, 1.82) is 0 Å². The number of nitrogens with two attached hydrogens (primary N) is 1. The van der Waals surface area contributed by atoms with E-state index in [9.17, 15) is 0 Å². The third-order valence-corrected chi connectivity index (χ3v) is 4.14. The number of benzene rings is 2. The van der Waals surface area contributed by atoms with Crippen molar-refractivity contribution in [2.24, 2.45) is 5.73 Å². The van der Waals surface area contributed by atoms with Crippen molar-refractivity contribution in [2.75, 3.05) is 7.11 Å². The lowest BCUT2D eigenvalue weighted by Crippen LogP contribution is -2.05. The van der Waals surface area contributed by atoms with Gasteiger partial charge in [-0.05, 0) is 58.7 Å². The summed E-state index contributed by atoms with van der Waals surface area (Å²) >= 11 is 6.98. The van der Waals surface area contributed by atoms with Crippen molar-refractivity contribution in [3.8, 4) is 17.2 Å². The molecule has 106 valence electrons. The van der Waals surface area contributed by atoms with E-state index in [1.165, 1.54) is 0 Å². The van der Waals surface area contributed by atoms with E-state index in [0.29, 0.717) is 0 Å². The Balaban J connectivity index is 2.24. The smallest absolute Gasteiger partial charge is 0.141 e. The molecule has 20 heavy (non-hydrogen) atoms. The van der Waals surface area contributed by atoms with Crippen LogP contribution in [0.4, 0.5) is 0 Å². The summed E-state index contributed by atoms with van der Waals surface area (Å²) in [5.41, 5.74) is 6.93. The van der Waals surface area contributed by atoms with Gasteiger partial charge < -0.3 is 15.2 Å². The number of hydrogen-bond acceptors (Lipinski definition) is 3. The molecule has 2 aromatic rings. The van der Waals surface area contributed by atoms with Crippen LogP contribution in [0.3, 0.4) is 0 Å². The highest BCUT2D eigenvalue weighted by atomic mass is 79.9. The molecule has 2 rings (SSSR count). The molecule has 0 bridgehead atoms. The van der Waals surface area contributed by atoms with Crippen LogP contribution in [-0.2, 0) is 0 Å². The molecule has 0 amide bonds. The molecule has 0 unspecified atom stereocenters. The maximum atomic E-state index is 5.88. The molecule has 0 fully saturated rings. The fourth-order valence-corrected chi connectivity index (χ4v) is 2.92. The zero-order valence-electron chi connectivity index (χ0n) is 11.2. The van der Waals surface area contributed by atoms with Crippen LogP contribution in [0.5, 0.6) is 17.2 Å². The summed E-state index contributed by atoms with van der Waals surface area (Å²) in [7, 11) is 1.63. The van der Waals surface area contributed by atoms with E-state index in [0.717, 1.165) is 31.8 Å². The van der Waals surface area contributed by atoms with E-state index < -0.39 is 0 Å². The van der Waals surface area contributed by atoms with Gasteiger partial charge in [0.2, 0.25) is 0 Å². The van der Waals surface area contributed by atoms with Gasteiger partial charge in [-0.3, -0.25) is 0 Å². The second-order valence-electron chi connectivity index (χ2n) is 4.37. The van der Waals surface area contributed by atoms with Crippen LogP contribution in [0.25, 0.3) is 0 Å². The molecule has 0 aromatic heterocycles. The van der Waals surface area contributed by atoms with Crippen LogP contribution in [0.15, 0.2) is 45.3 Å². The van der Waals surface area contributed by atoms with Gasteiger partial charge in [0.05, 0.1) is 11.6 Å². The third kappa shape index (κ3) is 3.53. The molecule has 1 atom stereocenters. The SMILES string of the molecule is COc1ccc(Oc2ccc([C@@H](C)N)c(Br)c2)c(Br)c1. The Kier molecular flexibility index (Phi) is 5.07. The monoisotopic (exact) mass is 399 g/mol. The maximum Gasteiger partial charge on any atom is 0.141 e. The van der Waals surface area contributed by atoms with Crippen LogP contribution in [0.2, 0.25) is 0 Å². The fraction of sp³-hybridized carbons (Fsp3) is 0.200. The number of halogens is 2. The minimum absolute atomic E-state index is 0.0221. The predicted octanol–water partition coefficient (Wildman–Crippen LogP) is 5.03. The van der Waals surface area contributed by atoms with Gasteiger partial charge in [-0.1, -0.05) is 22.0 Å². The van der Waals surface area contributed by atoms with Crippen molar-refractivity contribution in [3.05, 3.63) is 50.9 Å². The van der Waals surface area contributed by atoms with Crippen LogP contribution in [0, 0.1) is 0 Å². The number of hydrogen-bond donors (Lipinski definition) is 1. The third-order valence-electron chi connectivity index (χ3n) is 2.83. The molecule has 0 aliphatic rings. The van der Waals surface area contributed by atoms with Gasteiger partial charge in [0, 0.05) is 10.5 Å². The molecule has 0 saturated heterocycles. The fourth-order valence-electron chi connectivity index (χ4n) is 1.76. The molecule has 0 aliphatic carbocycles. The summed E-state index contributed by atoms with van der Waals surface area (Å²) in [6.07, 6.45) is 0. The predicted molar refractivity (Wildman–Crippen MR) is 87.5 cm³/mol. The van der Waals surface area contributed by atoms with E-state index >= 15 is 0 Å². The van der Waals surface area contributed by atoms with Gasteiger partial charge in [-0.25, -0.2) is 0 Å². The Labute approximate surface area is 135 Å². The highest BCUT2D eigenvalue weighted by Crippen LogP contribution is 2.34. The molecule has 2 aromatic carbocycles. The van der Waals surface area contributed by atoms with E-state index in [4.69, 9.17) is 15.2 Å². The summed E-state index contributed by atoms with van der Waals surface area (Å²) in [6, 6.07) is 11.3. The Hall–Kier alpha value is -1.04. The molecule has 0 radical (unpaired) electrons. The zero-order valence-corrected chi connectivity index (χ0v) is 14.4. The molecule has 0 heterocycles. The lowest BCUT2D eigenvalue weighted by atomic mass is 10.1. The molecule has 2 N–H and O–H groups in total. The van der Waals surface area contributed by atoms with E-state index in [1.54, 1.807) is 7.11 Å². The Morgan fingerprint density at radius 3 is 2.20 bits per heavy atom. The largest absolute Gasteiger partial charge is 0.497 e. The number of ether oxygens (including phenoxy) is 2. The van der Waals surface area contributed by atoms with E-state index in [-0.39, 0.29) is 6.04 Å². The summed E-state index contributed by atoms with van der Waals surface area (Å²) in [5, 5.41) is 0. The van der Waals surface area contributed by atoms with Crippen LogP contribution in [-0.4, -0.2) is 7.11 Å². The van der Waals surface area contributed by atoms with Crippen LogP contribution in [0.1, 0.15) is 18.5 Å². The summed E-state index contributed by atoms with van der Waals surface area (Å²) in [6.45, 7) is 1.95. The molecule has 0 aliphatic heterocycles. The highest BCUT2D eigenvalue weighted by Gasteiger charge is 2.09. The van der Waals surface area contributed by atoms with Gasteiger partial charge in [0.1, 0.15) is 17.2 Å². The second-order valence-corrected chi connectivity index (χ2v) is 6.08. The van der Waals surface area contributed by atoms with Crippen molar-refractivity contribution in [3.63, 3.8) is 0 Å². The summed E-state index contributed by atoms with van der Waals surface area (Å²) in [4.78, 5) is 0. The molecule has 3 nitrogen and oxygen atoms in total. The summed E-state index contributed by atoms with van der Waals surface area (Å²) in [5.74, 6) is 2.25. The lowest BCUT2D eigenvalue weighted by Gasteiger charge is -2.12. The minimum atomic E-state index is -0.0221. The average molecular weight is 401 g/mol. The zero-order chi connectivity index (χ0) is 14.7. The van der Waals surface area contributed by atoms with Crippen molar-refractivity contribution >= 4 is 31.9 Å². The normalized spacial score (nSPS) is 12.1. The van der Waals surface area contributed by atoms with E-state index in [2.05, 4.69) is 31.9 Å². The lowest BCUT2D eigenvalue weighted by molar-refractivity contribution is 0.412. The second kappa shape index (κ2) is 6.61. The first-order chi connectivity index (χ1) is 9.51. The Bertz CT molecular complexity index is 615. The molecule has 0 spiro atoms. The van der Waals surface area contributed by atoms with Crippen molar-refractivity contribution in [2.45, 2.75) is 13.0 Å². The molecular weight excluding hydrogens is 386 g/mol. The van der Waals surface area contributed by atoms with Gasteiger partial charge in [-0.2, -0.15) is 0 Å². The first-order valence-electron chi connectivity index (χ1n) is 6.07. The number of rotatable bonds is 4. The highest BCUT2D eigenvalue weighted by molar-refractivity contribution is 9.10. The number of methoxy groups -OCH3 is 1. The molecular formula is C15H15Br2NO2. The topological polar surface area (TPSA) is 44.5 Å². The minimum Gasteiger partial charge on any atom is -0.497 e. The van der Waals surface area contributed by atoms with Gasteiger partial charge in [-0.15, -0.1) is 0 Å². The van der Waals surface area contributed by atoms with Gasteiger partial charge in [0.25, 0.3) is 0 Å². The Morgan fingerprint density at radius 1 is 1.00 bits per heavy atom. The molecule has 0 saturated carbocycles. The average Bonchev–Trinajstić information content (AvgIpc) is 2.40. The summed E-state index contributed by atoms with van der Waals surface area (Å²) < 4.78 is 12.8. The van der Waals surface area contributed by atoms with Crippen molar-refractivity contribution in [1.82, 2.24) is 0 Å². The van der Waals surface area contributed by atoms with Gasteiger partial charge >= 0.3 is 0 Å². The standard InChI is InChI=1S/C15H15Br2NO2/c1-9(18)12-5-3-11(8-13(12)16)20-15-6-4-10(19-2)7-14(15)17/h3-9H,18H2,1-2H3/t9-/m1/s1. The first-order valence-corrected chi connectivity index (χ1v) is 7.66.